The third-order valence-electron chi connectivity index (χ3n) is 1.66. The maximum absolute atomic E-state index is 10.6. The van der Waals surface area contributed by atoms with E-state index in [0.29, 0.717) is 13.0 Å². The van der Waals surface area contributed by atoms with Crippen molar-refractivity contribution in [1.29, 1.82) is 0 Å². The zero-order valence-corrected chi connectivity index (χ0v) is 5.39. The average molecular weight is 130 g/mol. The van der Waals surface area contributed by atoms with E-state index in [1.54, 1.807) is 0 Å². The van der Waals surface area contributed by atoms with Crippen molar-refractivity contribution in [2.75, 3.05) is 13.2 Å². The molecule has 0 aliphatic carbocycles. The molecule has 1 rings (SSSR count). The second-order valence-electron chi connectivity index (χ2n) is 2.39. The molecule has 0 radical (unpaired) electrons. The fraction of sp³-hybridized carbons (Fsp3) is 0.833. The Hall–Kier alpha value is -0.410. The highest BCUT2D eigenvalue weighted by Crippen LogP contribution is 2.18. The molecule has 0 bridgehead atoms. The molecule has 0 spiro atoms. The van der Waals surface area contributed by atoms with E-state index in [4.69, 9.17) is 4.74 Å². The number of carbonyl (C=O) groups excluding carboxylic acids is 1. The number of carbonyl (C=O) groups is 1. The average Bonchev–Trinajstić information content (AvgIpc) is 2.16. The number of ether oxygens (including phenoxy) is 1. The summed E-state index contributed by atoms with van der Waals surface area (Å²) < 4.78 is 4.85. The number of Topliss-reactive ketones (excluding diaryl/α,β-unsaturated/α-hetero) is 1. The molecule has 3 heteroatoms. The molecule has 0 aromatic rings. The van der Waals surface area contributed by atoms with Gasteiger partial charge in [-0.05, 0) is 6.92 Å². The zero-order chi connectivity index (χ0) is 6.91. The van der Waals surface area contributed by atoms with Crippen LogP contribution in [0.4, 0.5) is 0 Å². The largest absolute Gasteiger partial charge is 0.380 e. The molecule has 0 aromatic heterocycles. The highest BCUT2D eigenvalue weighted by Gasteiger charge is 2.36. The summed E-state index contributed by atoms with van der Waals surface area (Å²) >= 11 is 0. The minimum absolute atomic E-state index is 0.169. The summed E-state index contributed by atoms with van der Waals surface area (Å²) in [6.07, 6.45) is 0.447. The number of hydrogen-bond acceptors (Lipinski definition) is 3. The number of ketones is 1. The molecule has 0 aromatic carbocycles. The molecule has 3 nitrogen and oxygen atoms in total. The van der Waals surface area contributed by atoms with Crippen molar-refractivity contribution in [2.45, 2.75) is 18.9 Å². The van der Waals surface area contributed by atoms with Crippen LogP contribution in [-0.4, -0.2) is 29.7 Å². The van der Waals surface area contributed by atoms with Crippen molar-refractivity contribution >= 4 is 5.78 Å². The van der Waals surface area contributed by atoms with Crippen LogP contribution in [0, 0.1) is 0 Å². The molecule has 0 saturated carbocycles. The standard InChI is InChI=1S/C6H10O3/c1-5(7)6(8)2-3-9-4-6/h8H,2-4H2,1H3. The summed E-state index contributed by atoms with van der Waals surface area (Å²) in [5.41, 5.74) is -1.17. The first-order valence-electron chi connectivity index (χ1n) is 2.96. The predicted molar refractivity (Wildman–Crippen MR) is 31.1 cm³/mol. The van der Waals surface area contributed by atoms with Crippen LogP contribution in [0.15, 0.2) is 0 Å². The molecule has 1 heterocycles. The Kier molecular flexibility index (Phi) is 1.55. The summed E-state index contributed by atoms with van der Waals surface area (Å²) in [6.45, 7) is 2.05. The summed E-state index contributed by atoms with van der Waals surface area (Å²) in [7, 11) is 0. The predicted octanol–water partition coefficient (Wildman–Crippen LogP) is -0.273. The first-order valence-corrected chi connectivity index (χ1v) is 2.96. The van der Waals surface area contributed by atoms with Crippen molar-refractivity contribution in [3.05, 3.63) is 0 Å². The van der Waals surface area contributed by atoms with Gasteiger partial charge in [0.25, 0.3) is 0 Å². The van der Waals surface area contributed by atoms with Gasteiger partial charge in [-0.1, -0.05) is 0 Å². The van der Waals surface area contributed by atoms with Crippen LogP contribution in [0.3, 0.4) is 0 Å². The fourth-order valence-electron chi connectivity index (χ4n) is 0.832. The smallest absolute Gasteiger partial charge is 0.163 e. The van der Waals surface area contributed by atoms with E-state index < -0.39 is 5.60 Å². The van der Waals surface area contributed by atoms with Crippen LogP contribution in [0.2, 0.25) is 0 Å². The number of hydrogen-bond donors (Lipinski definition) is 1. The van der Waals surface area contributed by atoms with Gasteiger partial charge in [-0.3, -0.25) is 4.79 Å². The summed E-state index contributed by atoms with van der Waals surface area (Å²) in [5.74, 6) is -0.194. The fourth-order valence-corrected chi connectivity index (χ4v) is 0.832. The molecule has 1 aliphatic heterocycles. The van der Waals surface area contributed by atoms with Crippen molar-refractivity contribution in [2.24, 2.45) is 0 Å². The lowest BCUT2D eigenvalue weighted by molar-refractivity contribution is -0.134. The van der Waals surface area contributed by atoms with Crippen LogP contribution in [0.5, 0.6) is 0 Å². The van der Waals surface area contributed by atoms with Crippen LogP contribution >= 0.6 is 0 Å². The second-order valence-corrected chi connectivity index (χ2v) is 2.39. The molecule has 1 atom stereocenters. The minimum atomic E-state index is -1.17. The lowest BCUT2D eigenvalue weighted by atomic mass is 9.99. The van der Waals surface area contributed by atoms with Gasteiger partial charge in [0.2, 0.25) is 0 Å². The summed E-state index contributed by atoms with van der Waals surface area (Å²) in [4.78, 5) is 10.6. The molecule has 1 saturated heterocycles. The van der Waals surface area contributed by atoms with E-state index in [1.807, 2.05) is 0 Å². The quantitative estimate of drug-likeness (QED) is 0.531. The van der Waals surface area contributed by atoms with E-state index in [1.165, 1.54) is 6.92 Å². The van der Waals surface area contributed by atoms with Gasteiger partial charge in [0, 0.05) is 6.42 Å². The van der Waals surface area contributed by atoms with Gasteiger partial charge >= 0.3 is 0 Å². The Morgan fingerprint density at radius 2 is 2.44 bits per heavy atom. The van der Waals surface area contributed by atoms with Gasteiger partial charge in [0.1, 0.15) is 5.60 Å². The highest BCUT2D eigenvalue weighted by molar-refractivity contribution is 5.85. The first-order chi connectivity index (χ1) is 4.15. The molecule has 1 fully saturated rings. The van der Waals surface area contributed by atoms with E-state index in [-0.39, 0.29) is 12.4 Å². The Morgan fingerprint density at radius 1 is 1.78 bits per heavy atom. The van der Waals surface area contributed by atoms with Gasteiger partial charge < -0.3 is 9.84 Å². The number of aliphatic hydroxyl groups is 1. The molecule has 0 amide bonds. The van der Waals surface area contributed by atoms with Crippen molar-refractivity contribution in [3.8, 4) is 0 Å². The molecular formula is C6H10O3. The van der Waals surface area contributed by atoms with Crippen LogP contribution in [0.25, 0.3) is 0 Å². The monoisotopic (exact) mass is 130 g/mol. The molecular weight excluding hydrogens is 120 g/mol. The summed E-state index contributed by atoms with van der Waals surface area (Å²) in [6, 6.07) is 0. The van der Waals surface area contributed by atoms with Gasteiger partial charge in [-0.25, -0.2) is 0 Å². The Labute approximate surface area is 53.6 Å². The Bertz CT molecular complexity index is 124. The molecule has 1 N–H and O–H groups in total. The third-order valence-corrected chi connectivity index (χ3v) is 1.66. The maximum Gasteiger partial charge on any atom is 0.163 e. The van der Waals surface area contributed by atoms with E-state index in [2.05, 4.69) is 0 Å². The summed E-state index contributed by atoms with van der Waals surface area (Å²) in [5, 5.41) is 9.29. The minimum Gasteiger partial charge on any atom is -0.380 e. The molecule has 52 valence electrons. The van der Waals surface area contributed by atoms with Gasteiger partial charge in [0.15, 0.2) is 5.78 Å². The lowest BCUT2D eigenvalue weighted by Gasteiger charge is -2.14. The van der Waals surface area contributed by atoms with Gasteiger partial charge in [-0.2, -0.15) is 0 Å². The Balaban J connectivity index is 2.61. The van der Waals surface area contributed by atoms with Crippen LogP contribution < -0.4 is 0 Å². The zero-order valence-electron chi connectivity index (χ0n) is 5.39. The normalized spacial score (nSPS) is 34.9. The van der Waals surface area contributed by atoms with E-state index in [9.17, 15) is 9.90 Å². The molecule has 1 aliphatic rings. The van der Waals surface area contributed by atoms with Crippen LogP contribution in [-0.2, 0) is 9.53 Å². The number of rotatable bonds is 1. The third kappa shape index (κ3) is 1.11. The molecule has 1 unspecified atom stereocenters. The van der Waals surface area contributed by atoms with Crippen molar-refractivity contribution < 1.29 is 14.6 Å². The SMILES string of the molecule is CC(=O)C1(O)CCOC1. The highest BCUT2D eigenvalue weighted by atomic mass is 16.5. The van der Waals surface area contributed by atoms with E-state index in [0.717, 1.165) is 0 Å². The van der Waals surface area contributed by atoms with Gasteiger partial charge in [-0.15, -0.1) is 0 Å². The Morgan fingerprint density at radius 3 is 2.67 bits per heavy atom. The van der Waals surface area contributed by atoms with Crippen molar-refractivity contribution in [3.63, 3.8) is 0 Å². The maximum atomic E-state index is 10.6. The lowest BCUT2D eigenvalue weighted by Crippen LogP contribution is -2.36. The van der Waals surface area contributed by atoms with E-state index >= 15 is 0 Å². The second kappa shape index (κ2) is 2.08. The first kappa shape index (κ1) is 6.71. The molecule has 9 heavy (non-hydrogen) atoms. The van der Waals surface area contributed by atoms with Crippen LogP contribution in [0.1, 0.15) is 13.3 Å². The topological polar surface area (TPSA) is 46.5 Å². The van der Waals surface area contributed by atoms with Crippen molar-refractivity contribution in [1.82, 2.24) is 0 Å². The van der Waals surface area contributed by atoms with Gasteiger partial charge in [0.05, 0.1) is 13.2 Å².